The fourth-order valence-corrected chi connectivity index (χ4v) is 2.11. The SMILES string of the molecule is CCOCC(N)c1noc(-c2cc(Br)cc([N+](=O)[O-])c2)n1. The molecule has 2 aromatic rings. The summed E-state index contributed by atoms with van der Waals surface area (Å²) in [6.07, 6.45) is 0. The van der Waals surface area contributed by atoms with Crippen molar-refractivity contribution in [3.8, 4) is 11.5 Å². The molecule has 0 amide bonds. The van der Waals surface area contributed by atoms with Crippen LogP contribution in [0.15, 0.2) is 27.2 Å². The van der Waals surface area contributed by atoms with Crippen LogP contribution in [0.2, 0.25) is 0 Å². The van der Waals surface area contributed by atoms with Crippen molar-refractivity contribution >= 4 is 21.6 Å². The highest BCUT2D eigenvalue weighted by molar-refractivity contribution is 9.10. The van der Waals surface area contributed by atoms with Gasteiger partial charge in [0.2, 0.25) is 0 Å². The quantitative estimate of drug-likeness (QED) is 0.623. The van der Waals surface area contributed by atoms with Crippen molar-refractivity contribution in [3.63, 3.8) is 0 Å². The molecular weight excluding hydrogens is 344 g/mol. The fraction of sp³-hybridized carbons (Fsp3) is 0.333. The molecule has 8 nitrogen and oxygen atoms in total. The highest BCUT2D eigenvalue weighted by Crippen LogP contribution is 2.28. The predicted octanol–water partition coefficient (Wildman–Crippen LogP) is 2.44. The zero-order chi connectivity index (χ0) is 15.4. The molecule has 1 atom stereocenters. The second kappa shape index (κ2) is 6.74. The Labute approximate surface area is 128 Å². The maximum absolute atomic E-state index is 10.8. The van der Waals surface area contributed by atoms with Crippen LogP contribution in [0.25, 0.3) is 11.5 Å². The number of hydrogen-bond donors (Lipinski definition) is 1. The highest BCUT2D eigenvalue weighted by Gasteiger charge is 2.18. The van der Waals surface area contributed by atoms with Gasteiger partial charge in [-0.15, -0.1) is 0 Å². The van der Waals surface area contributed by atoms with Gasteiger partial charge in [-0.2, -0.15) is 4.98 Å². The van der Waals surface area contributed by atoms with Gasteiger partial charge in [-0.25, -0.2) is 0 Å². The maximum atomic E-state index is 10.8. The topological polar surface area (TPSA) is 117 Å². The third-order valence-electron chi connectivity index (χ3n) is 2.62. The van der Waals surface area contributed by atoms with E-state index in [1.807, 2.05) is 6.92 Å². The Balaban J connectivity index is 2.27. The molecule has 0 aliphatic heterocycles. The third kappa shape index (κ3) is 3.84. The molecule has 2 N–H and O–H groups in total. The zero-order valence-electron chi connectivity index (χ0n) is 11.2. The van der Waals surface area contributed by atoms with Crippen LogP contribution in [0.5, 0.6) is 0 Å². The number of nitro groups is 1. The molecule has 0 radical (unpaired) electrons. The van der Waals surface area contributed by atoms with Crippen LogP contribution >= 0.6 is 15.9 Å². The van der Waals surface area contributed by atoms with E-state index in [1.165, 1.54) is 12.1 Å². The Bertz CT molecular complexity index is 646. The Morgan fingerprint density at radius 2 is 2.29 bits per heavy atom. The third-order valence-corrected chi connectivity index (χ3v) is 3.07. The Morgan fingerprint density at radius 1 is 1.52 bits per heavy atom. The van der Waals surface area contributed by atoms with Crippen molar-refractivity contribution in [1.82, 2.24) is 10.1 Å². The number of nitrogens with zero attached hydrogens (tertiary/aromatic N) is 3. The molecule has 1 aromatic carbocycles. The van der Waals surface area contributed by atoms with Gasteiger partial charge in [0.1, 0.15) is 0 Å². The van der Waals surface area contributed by atoms with Gasteiger partial charge in [-0.3, -0.25) is 10.1 Å². The van der Waals surface area contributed by atoms with Crippen molar-refractivity contribution in [3.05, 3.63) is 38.6 Å². The molecule has 0 aliphatic rings. The van der Waals surface area contributed by atoms with Crippen molar-refractivity contribution in [2.75, 3.05) is 13.2 Å². The summed E-state index contributed by atoms with van der Waals surface area (Å²) < 4.78 is 10.8. The van der Waals surface area contributed by atoms with E-state index in [4.69, 9.17) is 15.0 Å². The minimum Gasteiger partial charge on any atom is -0.380 e. The summed E-state index contributed by atoms with van der Waals surface area (Å²) in [7, 11) is 0. The molecular formula is C12H13BrN4O4. The second-order valence-corrected chi connectivity index (χ2v) is 5.09. The standard InChI is InChI=1S/C12H13BrN4O4/c1-2-20-6-10(14)11-15-12(21-16-11)7-3-8(13)5-9(4-7)17(18)19/h3-5,10H,2,6,14H2,1H3. The van der Waals surface area contributed by atoms with Crippen LogP contribution in [0.3, 0.4) is 0 Å². The van der Waals surface area contributed by atoms with Crippen LogP contribution < -0.4 is 5.73 Å². The molecule has 9 heteroatoms. The molecule has 0 saturated carbocycles. The van der Waals surface area contributed by atoms with Gasteiger partial charge >= 0.3 is 0 Å². The van der Waals surface area contributed by atoms with E-state index in [-0.39, 0.29) is 18.2 Å². The lowest BCUT2D eigenvalue weighted by Gasteiger charge is -2.05. The summed E-state index contributed by atoms with van der Waals surface area (Å²) in [4.78, 5) is 14.5. The normalized spacial score (nSPS) is 12.3. The van der Waals surface area contributed by atoms with Gasteiger partial charge in [0.15, 0.2) is 5.82 Å². The van der Waals surface area contributed by atoms with Crippen molar-refractivity contribution < 1.29 is 14.2 Å². The Kier molecular flexibility index (Phi) is 4.99. The summed E-state index contributed by atoms with van der Waals surface area (Å²) in [5.74, 6) is 0.461. The zero-order valence-corrected chi connectivity index (χ0v) is 12.7. The van der Waals surface area contributed by atoms with Gasteiger partial charge < -0.3 is 15.0 Å². The molecule has 2 rings (SSSR count). The van der Waals surface area contributed by atoms with Gasteiger partial charge in [0.25, 0.3) is 11.6 Å². The van der Waals surface area contributed by atoms with E-state index < -0.39 is 11.0 Å². The Morgan fingerprint density at radius 3 is 2.95 bits per heavy atom. The molecule has 21 heavy (non-hydrogen) atoms. The molecule has 0 saturated heterocycles. The van der Waals surface area contributed by atoms with Gasteiger partial charge in [0.05, 0.1) is 17.6 Å². The van der Waals surface area contributed by atoms with Crippen molar-refractivity contribution in [1.29, 1.82) is 0 Å². The van der Waals surface area contributed by atoms with E-state index >= 15 is 0 Å². The molecule has 1 aromatic heterocycles. The van der Waals surface area contributed by atoms with E-state index in [2.05, 4.69) is 26.1 Å². The van der Waals surface area contributed by atoms with Crippen LogP contribution in [0, 0.1) is 10.1 Å². The average Bonchev–Trinajstić information content (AvgIpc) is 2.94. The summed E-state index contributed by atoms with van der Waals surface area (Å²) >= 11 is 3.21. The van der Waals surface area contributed by atoms with Crippen molar-refractivity contribution in [2.45, 2.75) is 13.0 Å². The lowest BCUT2D eigenvalue weighted by Crippen LogP contribution is -2.18. The van der Waals surface area contributed by atoms with Crippen LogP contribution in [-0.2, 0) is 4.74 Å². The molecule has 0 bridgehead atoms. The van der Waals surface area contributed by atoms with Gasteiger partial charge in [-0.05, 0) is 13.0 Å². The number of nitrogens with two attached hydrogens (primary N) is 1. The number of rotatable bonds is 6. The first kappa shape index (κ1) is 15.5. The minimum absolute atomic E-state index is 0.0715. The maximum Gasteiger partial charge on any atom is 0.271 e. The monoisotopic (exact) mass is 356 g/mol. The first-order valence-electron chi connectivity index (χ1n) is 6.13. The summed E-state index contributed by atoms with van der Waals surface area (Å²) in [5.41, 5.74) is 6.22. The first-order chi connectivity index (χ1) is 10.0. The predicted molar refractivity (Wildman–Crippen MR) is 77.5 cm³/mol. The van der Waals surface area contributed by atoms with E-state index in [9.17, 15) is 10.1 Å². The second-order valence-electron chi connectivity index (χ2n) is 4.18. The molecule has 112 valence electrons. The van der Waals surface area contributed by atoms with E-state index in [0.29, 0.717) is 22.5 Å². The number of benzene rings is 1. The molecule has 0 aliphatic carbocycles. The van der Waals surface area contributed by atoms with Crippen molar-refractivity contribution in [2.24, 2.45) is 5.73 Å². The number of halogens is 1. The largest absolute Gasteiger partial charge is 0.380 e. The molecule has 0 fully saturated rings. The Hall–Kier alpha value is -1.84. The lowest BCUT2D eigenvalue weighted by atomic mass is 10.2. The van der Waals surface area contributed by atoms with Crippen LogP contribution in [0.1, 0.15) is 18.8 Å². The number of nitro benzene ring substituents is 1. The summed E-state index contributed by atoms with van der Waals surface area (Å²) in [5, 5.41) is 14.6. The van der Waals surface area contributed by atoms with Gasteiger partial charge in [-0.1, -0.05) is 21.1 Å². The van der Waals surface area contributed by atoms with Crippen LogP contribution in [-0.4, -0.2) is 28.3 Å². The summed E-state index contributed by atoms with van der Waals surface area (Å²) in [6.45, 7) is 2.67. The summed E-state index contributed by atoms with van der Waals surface area (Å²) in [6, 6.07) is 3.89. The number of non-ortho nitro benzene ring substituents is 1. The van der Waals surface area contributed by atoms with E-state index in [1.54, 1.807) is 6.07 Å². The number of ether oxygens (including phenoxy) is 1. The van der Waals surface area contributed by atoms with Crippen LogP contribution in [0.4, 0.5) is 5.69 Å². The van der Waals surface area contributed by atoms with E-state index in [0.717, 1.165) is 0 Å². The first-order valence-corrected chi connectivity index (χ1v) is 6.93. The molecule has 1 unspecified atom stereocenters. The van der Waals surface area contributed by atoms with Gasteiger partial charge in [0, 0.05) is 28.8 Å². The number of hydrogen-bond acceptors (Lipinski definition) is 7. The number of aromatic nitrogens is 2. The molecule has 0 spiro atoms. The smallest absolute Gasteiger partial charge is 0.271 e. The minimum atomic E-state index is -0.510. The lowest BCUT2D eigenvalue weighted by molar-refractivity contribution is -0.384. The fourth-order valence-electron chi connectivity index (χ4n) is 1.63. The highest BCUT2D eigenvalue weighted by atomic mass is 79.9. The average molecular weight is 357 g/mol. The molecule has 1 heterocycles.